The molecule has 2 aromatic rings. The van der Waals surface area contributed by atoms with Crippen molar-refractivity contribution < 1.29 is 19.4 Å². The summed E-state index contributed by atoms with van der Waals surface area (Å²) in [6, 6.07) is 12.1. The van der Waals surface area contributed by atoms with Gasteiger partial charge in [-0.2, -0.15) is 0 Å². The van der Waals surface area contributed by atoms with Crippen LogP contribution in [0.15, 0.2) is 42.5 Å². The summed E-state index contributed by atoms with van der Waals surface area (Å²) in [6.07, 6.45) is 0.962. The third kappa shape index (κ3) is 4.49. The molecule has 5 nitrogen and oxygen atoms in total. The van der Waals surface area contributed by atoms with Crippen molar-refractivity contribution in [3.63, 3.8) is 0 Å². The van der Waals surface area contributed by atoms with Crippen LogP contribution in [0.1, 0.15) is 29.5 Å². The van der Waals surface area contributed by atoms with Crippen LogP contribution in [0, 0.1) is 0 Å². The van der Waals surface area contributed by atoms with E-state index in [9.17, 15) is 4.79 Å². The number of rotatable bonds is 7. The number of aromatic nitrogens is 1. The van der Waals surface area contributed by atoms with Gasteiger partial charge in [-0.05, 0) is 42.8 Å². The molecule has 5 heteroatoms. The minimum atomic E-state index is -1.05. The molecule has 110 valence electrons. The third-order valence-corrected chi connectivity index (χ3v) is 2.71. The molecule has 0 amide bonds. The topological polar surface area (TPSA) is 68.7 Å². The van der Waals surface area contributed by atoms with Gasteiger partial charge < -0.3 is 14.6 Å². The maximum atomic E-state index is 10.8. The van der Waals surface area contributed by atoms with Crippen molar-refractivity contribution in [2.75, 3.05) is 6.61 Å². The van der Waals surface area contributed by atoms with Gasteiger partial charge in [-0.3, -0.25) is 0 Å². The molecule has 0 atom stereocenters. The largest absolute Gasteiger partial charge is 0.494 e. The van der Waals surface area contributed by atoms with Crippen molar-refractivity contribution in [1.82, 2.24) is 4.98 Å². The monoisotopic (exact) mass is 287 g/mol. The van der Waals surface area contributed by atoms with Gasteiger partial charge in [0, 0.05) is 0 Å². The quantitative estimate of drug-likeness (QED) is 0.847. The van der Waals surface area contributed by atoms with E-state index in [1.165, 1.54) is 6.07 Å². The molecule has 1 heterocycles. The zero-order chi connectivity index (χ0) is 15.1. The lowest BCUT2D eigenvalue weighted by molar-refractivity contribution is 0.0690. The molecule has 1 N–H and O–H groups in total. The predicted molar refractivity (Wildman–Crippen MR) is 77.8 cm³/mol. The molecule has 1 aromatic heterocycles. The third-order valence-electron chi connectivity index (χ3n) is 2.71. The highest BCUT2D eigenvalue weighted by Gasteiger charge is 2.05. The van der Waals surface area contributed by atoms with Crippen LogP contribution in [-0.4, -0.2) is 22.7 Å². The zero-order valence-electron chi connectivity index (χ0n) is 11.8. The maximum Gasteiger partial charge on any atom is 0.354 e. The summed E-state index contributed by atoms with van der Waals surface area (Å²) in [6.45, 7) is 2.96. The lowest BCUT2D eigenvalue weighted by Crippen LogP contribution is -2.05. The van der Waals surface area contributed by atoms with Crippen LogP contribution in [0.2, 0.25) is 0 Å². The van der Waals surface area contributed by atoms with E-state index < -0.39 is 5.97 Å². The predicted octanol–water partition coefficient (Wildman–Crippen LogP) is 3.15. The number of benzene rings is 1. The first-order valence-electron chi connectivity index (χ1n) is 6.74. The lowest BCUT2D eigenvalue weighted by atomic mass is 10.3. The summed E-state index contributed by atoms with van der Waals surface area (Å²) < 4.78 is 11.1. The molecular weight excluding hydrogens is 270 g/mol. The van der Waals surface area contributed by atoms with E-state index in [1.54, 1.807) is 12.1 Å². The molecule has 2 rings (SSSR count). The van der Waals surface area contributed by atoms with Crippen molar-refractivity contribution in [3.8, 4) is 11.5 Å². The van der Waals surface area contributed by atoms with Crippen LogP contribution in [0.3, 0.4) is 0 Å². The zero-order valence-corrected chi connectivity index (χ0v) is 11.8. The number of hydrogen-bond donors (Lipinski definition) is 1. The fourth-order valence-corrected chi connectivity index (χ4v) is 1.69. The van der Waals surface area contributed by atoms with Gasteiger partial charge in [-0.25, -0.2) is 9.78 Å². The smallest absolute Gasteiger partial charge is 0.354 e. The summed E-state index contributed by atoms with van der Waals surface area (Å²) in [5.41, 5.74) is 0.584. The van der Waals surface area contributed by atoms with Gasteiger partial charge in [0.15, 0.2) is 0 Å². The summed E-state index contributed by atoms with van der Waals surface area (Å²) in [5.74, 6) is 0.436. The summed E-state index contributed by atoms with van der Waals surface area (Å²) >= 11 is 0. The lowest BCUT2D eigenvalue weighted by Gasteiger charge is -2.08. The second-order valence-electron chi connectivity index (χ2n) is 4.43. The molecule has 0 bridgehead atoms. The number of carboxylic acid groups (broad SMARTS) is 1. The van der Waals surface area contributed by atoms with E-state index in [0.29, 0.717) is 18.1 Å². The molecule has 0 aliphatic heterocycles. The summed E-state index contributed by atoms with van der Waals surface area (Å²) in [5, 5.41) is 8.88. The van der Waals surface area contributed by atoms with E-state index in [-0.39, 0.29) is 12.3 Å². The molecule has 21 heavy (non-hydrogen) atoms. The van der Waals surface area contributed by atoms with Crippen molar-refractivity contribution in [1.29, 1.82) is 0 Å². The molecule has 0 saturated heterocycles. The standard InChI is InChI=1S/C16H17NO4/c1-2-10-20-13-6-8-14(9-7-13)21-11-12-4-3-5-15(17-12)16(18)19/h3-9H,2,10-11H2,1H3,(H,18,19). The SMILES string of the molecule is CCCOc1ccc(OCc2cccc(C(=O)O)n2)cc1. The summed E-state index contributed by atoms with van der Waals surface area (Å²) in [7, 11) is 0. The molecule has 0 radical (unpaired) electrons. The van der Waals surface area contributed by atoms with E-state index in [1.807, 2.05) is 24.3 Å². The Morgan fingerprint density at radius 3 is 2.38 bits per heavy atom. The molecule has 1 aromatic carbocycles. The van der Waals surface area contributed by atoms with Crippen LogP contribution in [0.4, 0.5) is 0 Å². The molecule has 0 aliphatic carbocycles. The summed E-state index contributed by atoms with van der Waals surface area (Å²) in [4.78, 5) is 14.8. The van der Waals surface area contributed by atoms with Gasteiger partial charge in [-0.15, -0.1) is 0 Å². The van der Waals surface area contributed by atoms with Gasteiger partial charge >= 0.3 is 5.97 Å². The Morgan fingerprint density at radius 2 is 1.76 bits per heavy atom. The number of ether oxygens (including phenoxy) is 2. The molecule has 0 spiro atoms. The highest BCUT2D eigenvalue weighted by Crippen LogP contribution is 2.18. The van der Waals surface area contributed by atoms with E-state index >= 15 is 0 Å². The second-order valence-corrected chi connectivity index (χ2v) is 4.43. The van der Waals surface area contributed by atoms with Crippen LogP contribution in [0.5, 0.6) is 11.5 Å². The Hall–Kier alpha value is -2.56. The molecule has 0 saturated carbocycles. The fraction of sp³-hybridized carbons (Fsp3) is 0.250. The number of hydrogen-bond acceptors (Lipinski definition) is 4. The Balaban J connectivity index is 1.93. The highest BCUT2D eigenvalue weighted by molar-refractivity contribution is 5.85. The molecule has 0 aliphatic rings. The van der Waals surface area contributed by atoms with Crippen LogP contribution in [0.25, 0.3) is 0 Å². The maximum absolute atomic E-state index is 10.8. The van der Waals surface area contributed by atoms with Gasteiger partial charge in [0.2, 0.25) is 0 Å². The normalized spacial score (nSPS) is 10.1. The average molecular weight is 287 g/mol. The van der Waals surface area contributed by atoms with E-state index in [0.717, 1.165) is 12.2 Å². The second kappa shape index (κ2) is 7.28. The number of aromatic carboxylic acids is 1. The number of carboxylic acids is 1. The Kier molecular flexibility index (Phi) is 5.15. The van der Waals surface area contributed by atoms with Crippen LogP contribution < -0.4 is 9.47 Å². The number of nitrogens with zero attached hydrogens (tertiary/aromatic N) is 1. The minimum Gasteiger partial charge on any atom is -0.494 e. The van der Waals surface area contributed by atoms with E-state index in [4.69, 9.17) is 14.6 Å². The Morgan fingerprint density at radius 1 is 1.10 bits per heavy atom. The molecular formula is C16H17NO4. The highest BCUT2D eigenvalue weighted by atomic mass is 16.5. The van der Waals surface area contributed by atoms with Gasteiger partial charge in [0.1, 0.15) is 23.8 Å². The van der Waals surface area contributed by atoms with Crippen molar-refractivity contribution in [2.24, 2.45) is 0 Å². The van der Waals surface area contributed by atoms with Gasteiger partial charge in [0.25, 0.3) is 0 Å². The first kappa shape index (κ1) is 14.8. The number of pyridine rings is 1. The van der Waals surface area contributed by atoms with Gasteiger partial charge in [0.05, 0.1) is 12.3 Å². The number of carbonyl (C=O) groups is 1. The van der Waals surface area contributed by atoms with Gasteiger partial charge in [-0.1, -0.05) is 13.0 Å². The fourth-order valence-electron chi connectivity index (χ4n) is 1.69. The van der Waals surface area contributed by atoms with Crippen LogP contribution in [-0.2, 0) is 6.61 Å². The van der Waals surface area contributed by atoms with E-state index in [2.05, 4.69) is 11.9 Å². The first-order valence-corrected chi connectivity index (χ1v) is 6.74. The Labute approximate surface area is 123 Å². The average Bonchev–Trinajstić information content (AvgIpc) is 2.52. The van der Waals surface area contributed by atoms with Crippen LogP contribution >= 0.6 is 0 Å². The molecule has 0 unspecified atom stereocenters. The van der Waals surface area contributed by atoms with Crippen molar-refractivity contribution in [3.05, 3.63) is 53.9 Å². The van der Waals surface area contributed by atoms with Crippen molar-refractivity contribution >= 4 is 5.97 Å². The molecule has 0 fully saturated rings. The first-order chi connectivity index (χ1) is 10.2. The Bertz CT molecular complexity index is 595. The minimum absolute atomic E-state index is 0.0133. The van der Waals surface area contributed by atoms with Crippen molar-refractivity contribution in [2.45, 2.75) is 20.0 Å².